The smallest absolute Gasteiger partial charge is 0.246 e. The summed E-state index contributed by atoms with van der Waals surface area (Å²) < 4.78 is 10.8. The molecule has 2 nitrogen and oxygen atoms in total. The first-order valence-corrected chi connectivity index (χ1v) is 13.0. The maximum Gasteiger partial charge on any atom is 0.246 e. The minimum Gasteiger partial charge on any atom is -0.535 e. The summed E-state index contributed by atoms with van der Waals surface area (Å²) in [6.07, 6.45) is 3.91. The molecule has 96 valence electrons. The molecule has 16 heavy (non-hydrogen) atoms. The first-order valence-electron chi connectivity index (χ1n) is 6.42. The van der Waals surface area contributed by atoms with Gasteiger partial charge < -0.3 is 4.43 Å². The highest BCUT2D eigenvalue weighted by atomic mass is 28.4. The van der Waals surface area contributed by atoms with Crippen molar-refractivity contribution in [3.63, 3.8) is 0 Å². The van der Waals surface area contributed by atoms with E-state index in [0.717, 1.165) is 5.90 Å². The lowest BCUT2D eigenvalue weighted by Crippen LogP contribution is -2.33. The summed E-state index contributed by atoms with van der Waals surface area (Å²) in [7, 11) is -2.88. The van der Waals surface area contributed by atoms with Crippen LogP contribution in [-0.2, 0) is 4.43 Å². The molecule has 0 aromatic heterocycles. The van der Waals surface area contributed by atoms with E-state index in [1.807, 2.05) is 6.92 Å². The van der Waals surface area contributed by atoms with Crippen molar-refractivity contribution >= 4 is 22.5 Å². The highest BCUT2D eigenvalue weighted by Gasteiger charge is 2.24. The van der Waals surface area contributed by atoms with Crippen LogP contribution in [0.15, 0.2) is 4.66 Å². The molecule has 0 aromatic rings. The van der Waals surface area contributed by atoms with Crippen molar-refractivity contribution in [2.45, 2.75) is 71.9 Å². The fourth-order valence-electron chi connectivity index (χ4n) is 1.75. The van der Waals surface area contributed by atoms with Crippen LogP contribution in [0.5, 0.6) is 0 Å². The van der Waals surface area contributed by atoms with Crippen molar-refractivity contribution in [1.82, 2.24) is 0 Å². The Balaban J connectivity index is 4.19. The highest BCUT2D eigenvalue weighted by molar-refractivity contribution is 6.76. The van der Waals surface area contributed by atoms with E-state index in [1.165, 1.54) is 25.3 Å². The molecule has 0 rings (SSSR count). The average molecular weight is 260 g/mol. The predicted molar refractivity (Wildman–Crippen MR) is 79.4 cm³/mol. The van der Waals surface area contributed by atoms with Gasteiger partial charge in [-0.15, -0.1) is 0 Å². The molecule has 4 heteroatoms. The van der Waals surface area contributed by atoms with Crippen molar-refractivity contribution in [2.75, 3.05) is 0 Å². The van der Waals surface area contributed by atoms with E-state index >= 15 is 0 Å². The second-order valence-electron chi connectivity index (χ2n) is 6.12. The number of nitrogens with zero attached hydrogens (tertiary/aromatic N) is 1. The molecule has 0 atom stereocenters. The molecule has 0 fully saturated rings. The van der Waals surface area contributed by atoms with Crippen LogP contribution in [0.2, 0.25) is 38.8 Å². The molecule has 0 saturated heterocycles. The van der Waals surface area contributed by atoms with Crippen LogP contribution in [0, 0.1) is 0 Å². The van der Waals surface area contributed by atoms with E-state index in [-0.39, 0.29) is 0 Å². The fourth-order valence-corrected chi connectivity index (χ4v) is 4.88. The zero-order valence-electron chi connectivity index (χ0n) is 12.2. The van der Waals surface area contributed by atoms with Gasteiger partial charge in [0.2, 0.25) is 8.32 Å². The molecular weight excluding hydrogens is 230 g/mol. The van der Waals surface area contributed by atoms with Gasteiger partial charge in [-0.2, -0.15) is 0 Å². The molecule has 0 aromatic carbocycles. The number of hydrogen-bond acceptors (Lipinski definition) is 2. The first-order chi connectivity index (χ1) is 7.16. The van der Waals surface area contributed by atoms with Gasteiger partial charge in [0.1, 0.15) is 0 Å². The van der Waals surface area contributed by atoms with E-state index < -0.39 is 16.6 Å². The third-order valence-corrected chi connectivity index (χ3v) is 5.69. The lowest BCUT2D eigenvalue weighted by Gasteiger charge is -2.25. The van der Waals surface area contributed by atoms with Crippen LogP contribution < -0.4 is 0 Å². The number of hydrogen-bond donors (Lipinski definition) is 0. The molecule has 0 saturated carbocycles. The van der Waals surface area contributed by atoms with Gasteiger partial charge in [-0.1, -0.05) is 26.2 Å². The molecular formula is C12H29NOSi2. The second kappa shape index (κ2) is 6.59. The van der Waals surface area contributed by atoms with Crippen molar-refractivity contribution in [2.24, 2.45) is 4.66 Å². The van der Waals surface area contributed by atoms with Gasteiger partial charge in [0.15, 0.2) is 14.1 Å². The molecule has 0 radical (unpaired) electrons. The molecule has 0 aliphatic rings. The number of rotatable bonds is 6. The van der Waals surface area contributed by atoms with Crippen LogP contribution in [0.4, 0.5) is 0 Å². The Labute approximate surface area is 104 Å². The maximum atomic E-state index is 6.08. The highest BCUT2D eigenvalue weighted by Crippen LogP contribution is 2.17. The van der Waals surface area contributed by atoms with Crippen LogP contribution >= 0.6 is 0 Å². The Kier molecular flexibility index (Phi) is 6.55. The number of unbranched alkanes of at least 4 members (excludes halogenated alkanes) is 2. The normalized spacial score (nSPS) is 14.1. The molecule has 0 aliphatic heterocycles. The van der Waals surface area contributed by atoms with Crippen molar-refractivity contribution in [3.05, 3.63) is 0 Å². The van der Waals surface area contributed by atoms with E-state index in [2.05, 4.69) is 39.7 Å². The first kappa shape index (κ1) is 15.9. The summed E-state index contributed by atoms with van der Waals surface area (Å²) in [6, 6.07) is 1.25. The molecule has 0 spiro atoms. The SMILES string of the molecule is CCCCC[Si](C)(C)OC(C)=N[Si](C)(C)C. The molecule has 0 N–H and O–H groups in total. The van der Waals surface area contributed by atoms with Crippen LogP contribution in [0.3, 0.4) is 0 Å². The average Bonchev–Trinajstić information content (AvgIpc) is 1.98. The Hall–Kier alpha value is -0.0962. The van der Waals surface area contributed by atoms with Gasteiger partial charge in [-0.25, -0.2) is 0 Å². The Bertz CT molecular complexity index is 232. The maximum absolute atomic E-state index is 6.08. The summed E-state index contributed by atoms with van der Waals surface area (Å²) in [4.78, 5) is 0. The van der Waals surface area contributed by atoms with Crippen molar-refractivity contribution in [3.8, 4) is 0 Å². The second-order valence-corrected chi connectivity index (χ2v) is 14.9. The van der Waals surface area contributed by atoms with Gasteiger partial charge in [-0.3, -0.25) is 4.66 Å². The zero-order chi connectivity index (χ0) is 12.8. The monoisotopic (exact) mass is 259 g/mol. The Morgan fingerprint density at radius 3 is 2.06 bits per heavy atom. The van der Waals surface area contributed by atoms with Gasteiger partial charge >= 0.3 is 0 Å². The summed E-state index contributed by atoms with van der Waals surface area (Å²) in [5.41, 5.74) is 0. The van der Waals surface area contributed by atoms with Gasteiger partial charge in [0.25, 0.3) is 0 Å². The Morgan fingerprint density at radius 2 is 1.62 bits per heavy atom. The van der Waals surface area contributed by atoms with Crippen LogP contribution in [0.1, 0.15) is 33.1 Å². The van der Waals surface area contributed by atoms with E-state index in [4.69, 9.17) is 9.08 Å². The van der Waals surface area contributed by atoms with E-state index in [1.54, 1.807) is 0 Å². The largest absolute Gasteiger partial charge is 0.535 e. The van der Waals surface area contributed by atoms with Gasteiger partial charge in [0.05, 0.1) is 0 Å². The minimum absolute atomic E-state index is 0.923. The summed E-state index contributed by atoms with van der Waals surface area (Å²) in [6.45, 7) is 15.6. The third-order valence-electron chi connectivity index (χ3n) is 2.30. The zero-order valence-corrected chi connectivity index (χ0v) is 14.2. The molecule has 0 bridgehead atoms. The molecule has 0 aliphatic carbocycles. The topological polar surface area (TPSA) is 21.6 Å². The quantitative estimate of drug-likeness (QED) is 0.294. The van der Waals surface area contributed by atoms with Crippen molar-refractivity contribution < 1.29 is 4.43 Å². The summed E-state index contributed by atoms with van der Waals surface area (Å²) in [5.74, 6) is 0.923. The van der Waals surface area contributed by atoms with E-state index in [0.29, 0.717) is 0 Å². The van der Waals surface area contributed by atoms with E-state index in [9.17, 15) is 0 Å². The molecule has 0 amide bonds. The third kappa shape index (κ3) is 9.15. The van der Waals surface area contributed by atoms with Gasteiger partial charge in [0, 0.05) is 6.92 Å². The van der Waals surface area contributed by atoms with Crippen molar-refractivity contribution in [1.29, 1.82) is 0 Å². The lowest BCUT2D eigenvalue weighted by atomic mass is 10.3. The summed E-state index contributed by atoms with van der Waals surface area (Å²) >= 11 is 0. The molecule has 0 unspecified atom stereocenters. The Morgan fingerprint density at radius 1 is 1.06 bits per heavy atom. The van der Waals surface area contributed by atoms with Crippen LogP contribution in [0.25, 0.3) is 0 Å². The fraction of sp³-hybridized carbons (Fsp3) is 0.917. The van der Waals surface area contributed by atoms with Gasteiger partial charge in [-0.05, 0) is 38.8 Å². The summed E-state index contributed by atoms with van der Waals surface area (Å²) in [5, 5.41) is 0. The standard InChI is InChI=1S/C12H29NOSi2/c1-8-9-10-11-16(6,7)14-12(2)13-15(3,4)5/h8-11H2,1-7H3. The predicted octanol–water partition coefficient (Wildman–Crippen LogP) is 4.65. The molecule has 0 heterocycles. The van der Waals surface area contributed by atoms with Crippen LogP contribution in [-0.4, -0.2) is 22.5 Å². The minimum atomic E-state index is -1.51. The lowest BCUT2D eigenvalue weighted by molar-refractivity contribution is 0.531.